The van der Waals surface area contributed by atoms with Crippen LogP contribution in [0, 0.1) is 6.61 Å². The van der Waals surface area contributed by atoms with Gasteiger partial charge in [-0.25, -0.2) is 0 Å². The van der Waals surface area contributed by atoms with E-state index >= 15 is 0 Å². The van der Waals surface area contributed by atoms with Crippen molar-refractivity contribution >= 4 is 11.6 Å². The molecular formula is C10H10ClO. The van der Waals surface area contributed by atoms with Gasteiger partial charge in [-0.15, -0.1) is 0 Å². The van der Waals surface area contributed by atoms with Gasteiger partial charge in [0.2, 0.25) is 0 Å². The fraction of sp³-hybridized carbons (Fsp3) is 0.300. The molecule has 1 saturated carbocycles. The number of hydrogen-bond donors (Lipinski definition) is 1. The highest BCUT2D eigenvalue weighted by molar-refractivity contribution is 6.32. The molecule has 0 amide bonds. The second-order valence-electron chi connectivity index (χ2n) is 3.15. The van der Waals surface area contributed by atoms with Crippen LogP contribution in [0.3, 0.4) is 0 Å². The minimum Gasteiger partial charge on any atom is -0.385 e. The van der Waals surface area contributed by atoms with Crippen molar-refractivity contribution in [3.63, 3.8) is 0 Å². The van der Waals surface area contributed by atoms with Crippen molar-refractivity contribution in [2.75, 3.05) is 0 Å². The summed E-state index contributed by atoms with van der Waals surface area (Å²) in [5.41, 5.74) is 1.90. The molecule has 1 aromatic rings. The molecule has 0 atom stereocenters. The molecule has 12 heavy (non-hydrogen) atoms. The molecule has 1 nitrogen and oxygen atoms in total. The molecule has 0 aliphatic heterocycles. The van der Waals surface area contributed by atoms with Crippen LogP contribution in [-0.2, 0) is 0 Å². The van der Waals surface area contributed by atoms with Crippen LogP contribution >= 0.6 is 11.6 Å². The molecule has 0 aromatic heterocycles. The highest BCUT2D eigenvalue weighted by Crippen LogP contribution is 2.43. The molecule has 0 bridgehead atoms. The van der Waals surface area contributed by atoms with Crippen LogP contribution in [0.5, 0.6) is 0 Å². The second-order valence-corrected chi connectivity index (χ2v) is 3.53. The van der Waals surface area contributed by atoms with Crippen LogP contribution in [0.25, 0.3) is 0 Å². The lowest BCUT2D eigenvalue weighted by molar-refractivity contribution is 0.415. The summed E-state index contributed by atoms with van der Waals surface area (Å²) in [6.07, 6.45) is 2.46. The van der Waals surface area contributed by atoms with Crippen LogP contribution in [-0.4, -0.2) is 5.11 Å². The van der Waals surface area contributed by atoms with Gasteiger partial charge < -0.3 is 5.11 Å². The maximum Gasteiger partial charge on any atom is 0.111 e. The standard InChI is InChI=1S/C10H10ClO/c11-10-8(6-12)2-1-3-9(10)7-4-5-7/h1-3,6-7,12H,4-5H2. The topological polar surface area (TPSA) is 20.2 Å². The summed E-state index contributed by atoms with van der Waals surface area (Å²) in [6.45, 7) is 1.06. The molecule has 63 valence electrons. The lowest BCUT2D eigenvalue weighted by Gasteiger charge is -2.05. The van der Waals surface area contributed by atoms with Crippen molar-refractivity contribution in [1.82, 2.24) is 0 Å². The predicted molar refractivity (Wildman–Crippen MR) is 48.8 cm³/mol. The number of aliphatic hydroxyl groups is 1. The zero-order valence-electron chi connectivity index (χ0n) is 6.63. The zero-order chi connectivity index (χ0) is 8.55. The van der Waals surface area contributed by atoms with Crippen LogP contribution in [0.1, 0.15) is 29.9 Å². The number of hydrogen-bond acceptors (Lipinski definition) is 1. The predicted octanol–water partition coefficient (Wildman–Crippen LogP) is 3.10. The Kier molecular flexibility index (Phi) is 2.07. The number of rotatable bonds is 2. The Balaban J connectivity index is 2.40. The van der Waals surface area contributed by atoms with Crippen molar-refractivity contribution in [2.24, 2.45) is 0 Å². The molecule has 1 aliphatic rings. The Bertz CT molecular complexity index is 292. The second kappa shape index (κ2) is 3.08. The van der Waals surface area contributed by atoms with E-state index in [-0.39, 0.29) is 0 Å². The molecule has 1 aromatic carbocycles. The minimum absolute atomic E-state index is 0.636. The summed E-state index contributed by atoms with van der Waals surface area (Å²) in [7, 11) is 0. The Labute approximate surface area is 77.0 Å². The average Bonchev–Trinajstić information content (AvgIpc) is 2.88. The smallest absolute Gasteiger partial charge is 0.111 e. The lowest BCUT2D eigenvalue weighted by atomic mass is 10.1. The first-order valence-corrected chi connectivity index (χ1v) is 4.46. The van der Waals surface area contributed by atoms with Crippen LogP contribution < -0.4 is 0 Å². The zero-order valence-corrected chi connectivity index (χ0v) is 7.38. The van der Waals surface area contributed by atoms with E-state index < -0.39 is 0 Å². The van der Waals surface area contributed by atoms with E-state index in [0.717, 1.165) is 12.2 Å². The first kappa shape index (κ1) is 8.09. The largest absolute Gasteiger partial charge is 0.385 e. The Hall–Kier alpha value is -0.530. The van der Waals surface area contributed by atoms with Gasteiger partial charge >= 0.3 is 0 Å². The molecule has 1 fully saturated rings. The lowest BCUT2D eigenvalue weighted by Crippen LogP contribution is -1.87. The van der Waals surface area contributed by atoms with Gasteiger partial charge in [0.25, 0.3) is 0 Å². The third-order valence-corrected chi connectivity index (χ3v) is 2.65. The molecule has 0 saturated heterocycles. The molecule has 0 heterocycles. The van der Waals surface area contributed by atoms with E-state index in [1.54, 1.807) is 0 Å². The quantitative estimate of drug-likeness (QED) is 0.744. The monoisotopic (exact) mass is 181 g/mol. The van der Waals surface area contributed by atoms with Crippen molar-refractivity contribution in [3.05, 3.63) is 41.0 Å². The summed E-state index contributed by atoms with van der Waals surface area (Å²) >= 11 is 6.05. The van der Waals surface area contributed by atoms with Gasteiger partial charge in [-0.2, -0.15) is 0 Å². The summed E-state index contributed by atoms with van der Waals surface area (Å²) in [5, 5.41) is 9.55. The SMILES string of the molecule is O[CH]c1cccc(C2CC2)c1Cl. The summed E-state index contributed by atoms with van der Waals surface area (Å²) in [5.74, 6) is 0.636. The number of aliphatic hydroxyl groups excluding tert-OH is 1. The Morgan fingerprint density at radius 1 is 1.42 bits per heavy atom. The third-order valence-electron chi connectivity index (χ3n) is 2.21. The molecular weight excluding hydrogens is 172 g/mol. The van der Waals surface area contributed by atoms with Gasteiger partial charge in [0.15, 0.2) is 0 Å². The van der Waals surface area contributed by atoms with Crippen LogP contribution in [0.15, 0.2) is 18.2 Å². The molecule has 1 radical (unpaired) electrons. The molecule has 0 spiro atoms. The Morgan fingerprint density at radius 2 is 2.17 bits per heavy atom. The molecule has 1 aliphatic carbocycles. The van der Waals surface area contributed by atoms with Crippen molar-refractivity contribution in [3.8, 4) is 0 Å². The van der Waals surface area contributed by atoms with Gasteiger partial charge in [0.05, 0.1) is 0 Å². The highest BCUT2D eigenvalue weighted by Gasteiger charge is 2.26. The van der Waals surface area contributed by atoms with Gasteiger partial charge in [-0.05, 0) is 24.3 Å². The minimum atomic E-state index is 0.636. The summed E-state index contributed by atoms with van der Waals surface area (Å²) < 4.78 is 0. The number of benzene rings is 1. The first-order valence-electron chi connectivity index (χ1n) is 4.09. The van der Waals surface area contributed by atoms with E-state index in [9.17, 15) is 0 Å². The molecule has 0 unspecified atom stereocenters. The maximum absolute atomic E-state index is 8.84. The van der Waals surface area contributed by atoms with Crippen molar-refractivity contribution in [1.29, 1.82) is 0 Å². The average molecular weight is 182 g/mol. The molecule has 2 heteroatoms. The van der Waals surface area contributed by atoms with Crippen LogP contribution in [0.2, 0.25) is 5.02 Å². The van der Waals surface area contributed by atoms with Gasteiger partial charge in [0.1, 0.15) is 6.61 Å². The Morgan fingerprint density at radius 3 is 2.75 bits per heavy atom. The number of halogens is 1. The van der Waals surface area contributed by atoms with Crippen molar-refractivity contribution in [2.45, 2.75) is 18.8 Å². The fourth-order valence-electron chi connectivity index (χ4n) is 1.38. The highest BCUT2D eigenvalue weighted by atomic mass is 35.5. The molecule has 2 rings (SSSR count). The van der Waals surface area contributed by atoms with Crippen LogP contribution in [0.4, 0.5) is 0 Å². The molecule has 1 N–H and O–H groups in total. The summed E-state index contributed by atoms with van der Waals surface area (Å²) in [6, 6.07) is 5.78. The van der Waals surface area contributed by atoms with E-state index in [1.165, 1.54) is 18.4 Å². The van der Waals surface area contributed by atoms with Gasteiger partial charge in [-0.3, -0.25) is 0 Å². The van der Waals surface area contributed by atoms with E-state index in [1.807, 2.05) is 18.2 Å². The fourth-order valence-corrected chi connectivity index (χ4v) is 1.71. The van der Waals surface area contributed by atoms with Gasteiger partial charge in [-0.1, -0.05) is 29.8 Å². The summed E-state index contributed by atoms with van der Waals surface area (Å²) in [4.78, 5) is 0. The normalized spacial score (nSPS) is 16.5. The van der Waals surface area contributed by atoms with E-state index in [2.05, 4.69) is 0 Å². The maximum atomic E-state index is 8.84. The van der Waals surface area contributed by atoms with E-state index in [4.69, 9.17) is 16.7 Å². The van der Waals surface area contributed by atoms with Crippen molar-refractivity contribution < 1.29 is 5.11 Å². The third kappa shape index (κ3) is 1.35. The van der Waals surface area contributed by atoms with Gasteiger partial charge in [0, 0.05) is 10.6 Å². The first-order chi connectivity index (χ1) is 5.83. The van der Waals surface area contributed by atoms with E-state index in [0.29, 0.717) is 10.9 Å².